The molecular weight excluding hydrogens is 268 g/mol. The third-order valence-corrected chi connectivity index (χ3v) is 3.51. The van der Waals surface area contributed by atoms with Crippen molar-refractivity contribution in [2.45, 2.75) is 52.4 Å². The van der Waals surface area contributed by atoms with Crippen molar-refractivity contribution in [3.8, 4) is 0 Å². The van der Waals surface area contributed by atoms with Crippen molar-refractivity contribution in [3.63, 3.8) is 0 Å². The summed E-state index contributed by atoms with van der Waals surface area (Å²) in [5.74, 6) is 0. The fraction of sp³-hybridized carbons (Fsp3) is 0.400. The Morgan fingerprint density at radius 1 is 0.591 bits per heavy atom. The van der Waals surface area contributed by atoms with E-state index < -0.39 is 0 Å². The van der Waals surface area contributed by atoms with Crippen LogP contribution in [0.3, 0.4) is 0 Å². The Morgan fingerprint density at radius 3 is 1.09 bits per heavy atom. The van der Waals surface area contributed by atoms with Gasteiger partial charge in [-0.15, -0.1) is 0 Å². The normalized spacial score (nSPS) is 11.5. The average molecular weight is 298 g/mol. The van der Waals surface area contributed by atoms with Gasteiger partial charge in [0, 0.05) is 11.4 Å². The van der Waals surface area contributed by atoms with Gasteiger partial charge in [0.15, 0.2) is 0 Å². The highest BCUT2D eigenvalue weighted by Gasteiger charge is 2.13. The molecule has 0 saturated heterocycles. The first-order valence-electron chi connectivity index (χ1n) is 7.72. The molecule has 0 spiro atoms. The van der Waals surface area contributed by atoms with Crippen molar-refractivity contribution in [2.24, 2.45) is 0 Å². The summed E-state index contributed by atoms with van der Waals surface area (Å²) in [5, 5.41) is 0. The highest BCUT2D eigenvalue weighted by Crippen LogP contribution is 2.23. The van der Waals surface area contributed by atoms with Crippen molar-refractivity contribution in [2.75, 3.05) is 11.5 Å². The molecular formula is C20H30N2. The van der Waals surface area contributed by atoms with E-state index >= 15 is 0 Å². The molecule has 2 nitrogen and oxygen atoms in total. The molecule has 2 rings (SSSR count). The van der Waals surface area contributed by atoms with E-state index in [4.69, 9.17) is 11.5 Å². The largest absolute Gasteiger partial charge is 0.399 e. The van der Waals surface area contributed by atoms with Crippen LogP contribution in [0.15, 0.2) is 48.5 Å². The lowest BCUT2D eigenvalue weighted by atomic mass is 9.87. The molecule has 22 heavy (non-hydrogen) atoms. The van der Waals surface area contributed by atoms with Crippen LogP contribution in [0.2, 0.25) is 0 Å². The van der Waals surface area contributed by atoms with Crippen LogP contribution in [0, 0.1) is 0 Å². The van der Waals surface area contributed by atoms with Gasteiger partial charge in [0.05, 0.1) is 0 Å². The van der Waals surface area contributed by atoms with Gasteiger partial charge in [0.2, 0.25) is 0 Å². The lowest BCUT2D eigenvalue weighted by Gasteiger charge is -2.18. The first kappa shape index (κ1) is 18.1. The second kappa shape index (κ2) is 6.87. The van der Waals surface area contributed by atoms with Gasteiger partial charge in [-0.05, 0) is 46.2 Å². The summed E-state index contributed by atoms with van der Waals surface area (Å²) >= 11 is 0. The van der Waals surface area contributed by atoms with Crippen LogP contribution in [0.5, 0.6) is 0 Å². The maximum atomic E-state index is 5.66. The summed E-state index contributed by atoms with van der Waals surface area (Å²) in [6, 6.07) is 16.1. The van der Waals surface area contributed by atoms with E-state index in [0.29, 0.717) is 0 Å². The second-order valence-electron chi connectivity index (χ2n) is 7.75. The van der Waals surface area contributed by atoms with Gasteiger partial charge in [-0.1, -0.05) is 65.8 Å². The van der Waals surface area contributed by atoms with Gasteiger partial charge in [-0.2, -0.15) is 0 Å². The minimum atomic E-state index is 0.204. The molecule has 2 aromatic carbocycles. The van der Waals surface area contributed by atoms with Crippen molar-refractivity contribution in [3.05, 3.63) is 59.7 Å². The molecule has 0 aliphatic carbocycles. The van der Waals surface area contributed by atoms with Crippen LogP contribution < -0.4 is 11.5 Å². The number of hydrogen-bond acceptors (Lipinski definition) is 2. The first-order chi connectivity index (χ1) is 10.00. The van der Waals surface area contributed by atoms with E-state index in [1.807, 2.05) is 36.4 Å². The summed E-state index contributed by atoms with van der Waals surface area (Å²) in [5.41, 5.74) is 16.0. The van der Waals surface area contributed by atoms with E-state index in [9.17, 15) is 0 Å². The zero-order valence-corrected chi connectivity index (χ0v) is 14.8. The first-order valence-corrected chi connectivity index (χ1v) is 7.72. The topological polar surface area (TPSA) is 52.0 Å². The van der Waals surface area contributed by atoms with Gasteiger partial charge in [-0.25, -0.2) is 0 Å². The maximum Gasteiger partial charge on any atom is 0.0316 e. The fourth-order valence-corrected chi connectivity index (χ4v) is 2.01. The lowest BCUT2D eigenvalue weighted by Crippen LogP contribution is -2.10. The molecule has 2 aromatic rings. The Bertz CT molecular complexity index is 546. The van der Waals surface area contributed by atoms with Crippen molar-refractivity contribution in [1.82, 2.24) is 0 Å². The third kappa shape index (κ3) is 5.80. The Hall–Kier alpha value is -1.96. The molecule has 0 fully saturated rings. The minimum Gasteiger partial charge on any atom is -0.399 e. The summed E-state index contributed by atoms with van der Waals surface area (Å²) < 4.78 is 0. The summed E-state index contributed by atoms with van der Waals surface area (Å²) in [7, 11) is 0. The van der Waals surface area contributed by atoms with E-state index in [2.05, 4.69) is 53.7 Å². The Balaban J connectivity index is 0.000000220. The molecule has 0 aliphatic rings. The standard InChI is InChI=1S/2C10H15N/c2*1-10(2,3)8-5-4-6-9(11)7-8/h2*4-7H,11H2,1-3H3. The van der Waals surface area contributed by atoms with Crippen LogP contribution in [0.1, 0.15) is 52.7 Å². The monoisotopic (exact) mass is 298 g/mol. The van der Waals surface area contributed by atoms with Crippen LogP contribution >= 0.6 is 0 Å². The second-order valence-corrected chi connectivity index (χ2v) is 7.75. The van der Waals surface area contributed by atoms with Gasteiger partial charge in [0.25, 0.3) is 0 Å². The zero-order valence-electron chi connectivity index (χ0n) is 14.8. The molecule has 0 heterocycles. The van der Waals surface area contributed by atoms with Crippen LogP contribution in [-0.4, -0.2) is 0 Å². The molecule has 4 N–H and O–H groups in total. The summed E-state index contributed by atoms with van der Waals surface area (Å²) in [6.45, 7) is 13.1. The van der Waals surface area contributed by atoms with E-state index in [-0.39, 0.29) is 10.8 Å². The Morgan fingerprint density at radius 2 is 0.909 bits per heavy atom. The summed E-state index contributed by atoms with van der Waals surface area (Å²) in [4.78, 5) is 0. The lowest BCUT2D eigenvalue weighted by molar-refractivity contribution is 0.590. The van der Waals surface area contributed by atoms with Crippen LogP contribution in [-0.2, 0) is 10.8 Å². The zero-order chi connectivity index (χ0) is 17.0. The maximum absolute atomic E-state index is 5.66. The van der Waals surface area contributed by atoms with Crippen molar-refractivity contribution in [1.29, 1.82) is 0 Å². The predicted octanol–water partition coefficient (Wildman–Crippen LogP) is 5.13. The van der Waals surface area contributed by atoms with Crippen molar-refractivity contribution >= 4 is 11.4 Å². The quantitative estimate of drug-likeness (QED) is 0.662. The number of nitrogens with two attached hydrogens (primary N) is 2. The molecule has 0 aromatic heterocycles. The van der Waals surface area contributed by atoms with Gasteiger partial charge >= 0.3 is 0 Å². The molecule has 0 atom stereocenters. The number of benzene rings is 2. The minimum absolute atomic E-state index is 0.204. The van der Waals surface area contributed by atoms with Gasteiger partial charge < -0.3 is 11.5 Å². The molecule has 0 unspecified atom stereocenters. The number of rotatable bonds is 0. The molecule has 0 bridgehead atoms. The molecule has 0 saturated carbocycles. The van der Waals surface area contributed by atoms with E-state index in [1.165, 1.54) is 11.1 Å². The van der Waals surface area contributed by atoms with E-state index in [0.717, 1.165) is 11.4 Å². The molecule has 2 heteroatoms. The highest BCUT2D eigenvalue weighted by molar-refractivity contribution is 5.43. The van der Waals surface area contributed by atoms with E-state index in [1.54, 1.807) is 0 Å². The van der Waals surface area contributed by atoms with Gasteiger partial charge in [-0.3, -0.25) is 0 Å². The fourth-order valence-electron chi connectivity index (χ4n) is 2.01. The van der Waals surface area contributed by atoms with Crippen LogP contribution in [0.4, 0.5) is 11.4 Å². The Kier molecular flexibility index (Phi) is 5.65. The number of nitrogen functional groups attached to an aromatic ring is 2. The smallest absolute Gasteiger partial charge is 0.0316 e. The van der Waals surface area contributed by atoms with Crippen molar-refractivity contribution < 1.29 is 0 Å². The SMILES string of the molecule is CC(C)(C)c1cccc(N)c1.CC(C)(C)c1cccc(N)c1. The molecule has 0 aliphatic heterocycles. The number of anilines is 2. The summed E-state index contributed by atoms with van der Waals surface area (Å²) in [6.07, 6.45) is 0. The third-order valence-electron chi connectivity index (χ3n) is 3.51. The Labute approximate surface area is 135 Å². The molecule has 120 valence electrons. The molecule has 0 amide bonds. The molecule has 0 radical (unpaired) electrons. The average Bonchev–Trinajstić information content (AvgIpc) is 2.37. The predicted molar refractivity (Wildman–Crippen MR) is 99.1 cm³/mol. The number of hydrogen-bond donors (Lipinski definition) is 2. The van der Waals surface area contributed by atoms with Gasteiger partial charge in [0.1, 0.15) is 0 Å². The highest BCUT2D eigenvalue weighted by atomic mass is 14.5. The van der Waals surface area contributed by atoms with Crippen LogP contribution in [0.25, 0.3) is 0 Å².